The number of benzene rings is 2. The normalized spacial score (nSPS) is 15.7. The number of rotatable bonds is 11. The molecule has 1 atom stereocenters. The molecule has 4 aromatic rings. The van der Waals surface area contributed by atoms with E-state index in [9.17, 15) is 9.59 Å². The van der Waals surface area contributed by atoms with E-state index in [1.807, 2.05) is 48.7 Å². The molecule has 5 rings (SSSR count). The molecule has 0 radical (unpaired) electrons. The van der Waals surface area contributed by atoms with Gasteiger partial charge in [0.25, 0.3) is 5.91 Å². The molecule has 2 aromatic carbocycles. The molecule has 3 heterocycles. The van der Waals surface area contributed by atoms with Crippen LogP contribution >= 0.6 is 11.3 Å². The molecule has 1 unspecified atom stereocenters. The smallest absolute Gasteiger partial charge is 0.251 e. The number of amides is 1. The molecule has 1 aliphatic heterocycles. The summed E-state index contributed by atoms with van der Waals surface area (Å²) in [5, 5.41) is 6.35. The third kappa shape index (κ3) is 5.76. The number of Topliss-reactive ketones (excluding diaryl/α,β-unsaturated/α-hetero) is 1. The third-order valence-electron chi connectivity index (χ3n) is 7.28. The maximum atomic E-state index is 12.8. The molecule has 1 aliphatic rings. The molecule has 0 saturated carbocycles. The van der Waals surface area contributed by atoms with E-state index in [-0.39, 0.29) is 17.7 Å². The molecule has 1 saturated heterocycles. The zero-order valence-electron chi connectivity index (χ0n) is 21.6. The van der Waals surface area contributed by atoms with Crippen molar-refractivity contribution in [3.63, 3.8) is 0 Å². The lowest BCUT2D eigenvalue weighted by Gasteiger charge is -2.17. The number of aromatic nitrogens is 2. The SMILES string of the molecule is CCN(CC)CCCCC(=O)c1ccc2c(c1)sc1nc(-c3ccc(C(=O)NC4CCNC4)cc3)cn12. The summed E-state index contributed by atoms with van der Waals surface area (Å²) in [4.78, 5) is 33.4. The summed E-state index contributed by atoms with van der Waals surface area (Å²) in [5.74, 6) is 0.174. The molecular formula is C29H35N5O2S. The molecule has 0 bridgehead atoms. The Morgan fingerprint density at radius 3 is 2.62 bits per heavy atom. The second kappa shape index (κ2) is 11.5. The summed E-state index contributed by atoms with van der Waals surface area (Å²) in [6, 6.07) is 13.8. The number of fused-ring (bicyclic) bond motifs is 3. The molecule has 2 N–H and O–H groups in total. The molecular weight excluding hydrogens is 482 g/mol. The highest BCUT2D eigenvalue weighted by atomic mass is 32.1. The fourth-order valence-corrected chi connectivity index (χ4v) is 6.00. The van der Waals surface area contributed by atoms with Crippen LogP contribution in [0.25, 0.3) is 26.4 Å². The van der Waals surface area contributed by atoms with Gasteiger partial charge in [-0.15, -0.1) is 0 Å². The van der Waals surface area contributed by atoms with Gasteiger partial charge in [0.2, 0.25) is 0 Å². The number of hydrogen-bond donors (Lipinski definition) is 2. The highest BCUT2D eigenvalue weighted by Crippen LogP contribution is 2.30. The Morgan fingerprint density at radius 2 is 1.89 bits per heavy atom. The Kier molecular flexibility index (Phi) is 7.98. The van der Waals surface area contributed by atoms with E-state index in [0.29, 0.717) is 12.0 Å². The summed E-state index contributed by atoms with van der Waals surface area (Å²) < 4.78 is 3.15. The van der Waals surface area contributed by atoms with Crippen LogP contribution in [0, 0.1) is 0 Å². The molecule has 7 nitrogen and oxygen atoms in total. The molecule has 2 aromatic heterocycles. The maximum absolute atomic E-state index is 12.8. The van der Waals surface area contributed by atoms with Gasteiger partial charge in [0, 0.05) is 41.9 Å². The van der Waals surface area contributed by atoms with Crippen LogP contribution in [0.2, 0.25) is 0 Å². The minimum absolute atomic E-state index is 0.0358. The van der Waals surface area contributed by atoms with Crippen molar-refractivity contribution in [3.05, 3.63) is 59.8 Å². The standard InChI is InChI=1S/C29H35N5O2S/c1-3-33(4-2)16-6-5-7-26(35)22-12-13-25-27(17-22)37-29-32-24(19-34(25)29)20-8-10-21(11-9-20)28(36)31-23-14-15-30-18-23/h8-13,17,19,23,30H,3-7,14-16,18H2,1-2H3,(H,31,36). The number of thiazole rings is 1. The lowest BCUT2D eigenvalue weighted by Crippen LogP contribution is -2.36. The largest absolute Gasteiger partial charge is 0.348 e. The van der Waals surface area contributed by atoms with Crippen LogP contribution < -0.4 is 10.6 Å². The van der Waals surface area contributed by atoms with Gasteiger partial charge < -0.3 is 15.5 Å². The fraction of sp³-hybridized carbons (Fsp3) is 0.414. The van der Waals surface area contributed by atoms with Crippen LogP contribution in [0.5, 0.6) is 0 Å². The van der Waals surface area contributed by atoms with Crippen LogP contribution in [0.15, 0.2) is 48.7 Å². The molecule has 194 valence electrons. The van der Waals surface area contributed by atoms with E-state index in [4.69, 9.17) is 4.98 Å². The van der Waals surface area contributed by atoms with E-state index in [2.05, 4.69) is 33.8 Å². The molecule has 1 amide bonds. The lowest BCUT2D eigenvalue weighted by molar-refractivity contribution is 0.0938. The molecule has 8 heteroatoms. The van der Waals surface area contributed by atoms with Gasteiger partial charge in [-0.1, -0.05) is 37.3 Å². The van der Waals surface area contributed by atoms with Gasteiger partial charge in [-0.2, -0.15) is 0 Å². The predicted molar refractivity (Wildman–Crippen MR) is 151 cm³/mol. The van der Waals surface area contributed by atoms with Crippen molar-refractivity contribution in [2.24, 2.45) is 0 Å². The summed E-state index contributed by atoms with van der Waals surface area (Å²) in [5.41, 5.74) is 4.33. The monoisotopic (exact) mass is 517 g/mol. The number of imidazole rings is 1. The van der Waals surface area contributed by atoms with E-state index in [0.717, 1.165) is 84.0 Å². The second-order valence-corrected chi connectivity index (χ2v) is 10.7. The Morgan fingerprint density at radius 1 is 1.11 bits per heavy atom. The first kappa shape index (κ1) is 25.6. The van der Waals surface area contributed by atoms with E-state index < -0.39 is 0 Å². The van der Waals surface area contributed by atoms with Crippen LogP contribution in [-0.2, 0) is 0 Å². The molecule has 0 spiro atoms. The minimum Gasteiger partial charge on any atom is -0.348 e. The number of carbonyl (C=O) groups is 2. The third-order valence-corrected chi connectivity index (χ3v) is 8.29. The van der Waals surface area contributed by atoms with Gasteiger partial charge in [0.1, 0.15) is 0 Å². The number of ketones is 1. The van der Waals surface area contributed by atoms with Crippen LogP contribution in [-0.4, -0.2) is 64.7 Å². The van der Waals surface area contributed by atoms with Crippen molar-refractivity contribution in [2.75, 3.05) is 32.7 Å². The number of carbonyl (C=O) groups excluding carboxylic acids is 2. The van der Waals surface area contributed by atoms with E-state index in [1.54, 1.807) is 11.3 Å². The molecule has 0 aliphatic carbocycles. The van der Waals surface area contributed by atoms with Gasteiger partial charge >= 0.3 is 0 Å². The van der Waals surface area contributed by atoms with E-state index in [1.165, 1.54) is 0 Å². The highest BCUT2D eigenvalue weighted by Gasteiger charge is 2.18. The molecule has 37 heavy (non-hydrogen) atoms. The van der Waals surface area contributed by atoms with Crippen molar-refractivity contribution >= 4 is 38.2 Å². The van der Waals surface area contributed by atoms with Crippen molar-refractivity contribution in [2.45, 2.75) is 45.6 Å². The van der Waals surface area contributed by atoms with Gasteiger partial charge in [-0.25, -0.2) is 4.98 Å². The summed E-state index contributed by atoms with van der Waals surface area (Å²) in [7, 11) is 0. The maximum Gasteiger partial charge on any atom is 0.251 e. The number of nitrogens with one attached hydrogen (secondary N) is 2. The quantitative estimate of drug-likeness (QED) is 0.216. The summed E-state index contributed by atoms with van der Waals surface area (Å²) >= 11 is 1.60. The van der Waals surface area contributed by atoms with Gasteiger partial charge in [-0.3, -0.25) is 14.0 Å². The topological polar surface area (TPSA) is 78.7 Å². The lowest BCUT2D eigenvalue weighted by atomic mass is 10.1. The second-order valence-electron chi connectivity index (χ2n) is 9.71. The Bertz CT molecular complexity index is 1380. The highest BCUT2D eigenvalue weighted by molar-refractivity contribution is 7.23. The van der Waals surface area contributed by atoms with Gasteiger partial charge in [-0.05, 0) is 75.8 Å². The Hall–Kier alpha value is -3.07. The van der Waals surface area contributed by atoms with Gasteiger partial charge in [0.15, 0.2) is 10.7 Å². The number of hydrogen-bond acceptors (Lipinski definition) is 6. The molecule has 1 fully saturated rings. The van der Waals surface area contributed by atoms with Crippen LogP contribution in [0.1, 0.15) is 60.2 Å². The van der Waals surface area contributed by atoms with E-state index >= 15 is 0 Å². The minimum atomic E-state index is -0.0358. The van der Waals surface area contributed by atoms with Crippen molar-refractivity contribution < 1.29 is 9.59 Å². The van der Waals surface area contributed by atoms with Crippen LogP contribution in [0.3, 0.4) is 0 Å². The summed E-state index contributed by atoms with van der Waals surface area (Å²) in [6.45, 7) is 9.31. The average Bonchev–Trinajstić information content (AvgIpc) is 3.65. The number of unbranched alkanes of at least 4 members (excludes halogenated alkanes) is 1. The average molecular weight is 518 g/mol. The number of nitrogens with zero attached hydrogens (tertiary/aromatic N) is 3. The first-order chi connectivity index (χ1) is 18.1. The Balaban J connectivity index is 1.25. The van der Waals surface area contributed by atoms with Crippen molar-refractivity contribution in [1.29, 1.82) is 0 Å². The Labute approximate surface area is 221 Å². The van der Waals surface area contributed by atoms with Crippen LogP contribution in [0.4, 0.5) is 0 Å². The zero-order chi connectivity index (χ0) is 25.8. The fourth-order valence-electron chi connectivity index (χ4n) is 4.96. The first-order valence-electron chi connectivity index (χ1n) is 13.3. The summed E-state index contributed by atoms with van der Waals surface area (Å²) in [6.07, 6.45) is 5.56. The van der Waals surface area contributed by atoms with Crippen molar-refractivity contribution in [3.8, 4) is 11.3 Å². The first-order valence-corrected chi connectivity index (χ1v) is 14.2. The van der Waals surface area contributed by atoms with Crippen molar-refractivity contribution in [1.82, 2.24) is 24.9 Å². The zero-order valence-corrected chi connectivity index (χ0v) is 22.4. The predicted octanol–water partition coefficient (Wildman–Crippen LogP) is 5.00. The van der Waals surface area contributed by atoms with Gasteiger partial charge in [0.05, 0.1) is 15.9 Å².